The van der Waals surface area contributed by atoms with Gasteiger partial charge in [0, 0.05) is 6.54 Å². The Bertz CT molecular complexity index is 675. The zero-order chi connectivity index (χ0) is 18.1. The Labute approximate surface area is 149 Å². The quantitative estimate of drug-likeness (QED) is 0.568. The summed E-state index contributed by atoms with van der Waals surface area (Å²) in [5, 5.41) is 6.48. The van der Waals surface area contributed by atoms with E-state index in [1.54, 1.807) is 0 Å². The predicted octanol–water partition coefficient (Wildman–Crippen LogP) is 3.34. The molecular weight excluding hydrogens is 316 g/mol. The molecule has 0 aliphatic rings. The van der Waals surface area contributed by atoms with Crippen molar-refractivity contribution in [2.24, 2.45) is 4.99 Å². The van der Waals surface area contributed by atoms with Crippen molar-refractivity contribution in [1.82, 2.24) is 15.6 Å². The Balaban J connectivity index is 1.96. The Kier molecular flexibility index (Phi) is 7.32. The van der Waals surface area contributed by atoms with E-state index in [4.69, 9.17) is 9.15 Å². The van der Waals surface area contributed by atoms with Crippen LogP contribution >= 0.6 is 0 Å². The third-order valence-corrected chi connectivity index (χ3v) is 3.62. The van der Waals surface area contributed by atoms with E-state index in [1.807, 2.05) is 45.0 Å². The van der Waals surface area contributed by atoms with E-state index >= 15 is 0 Å². The molecule has 1 aromatic heterocycles. The van der Waals surface area contributed by atoms with Gasteiger partial charge < -0.3 is 19.8 Å². The van der Waals surface area contributed by atoms with Gasteiger partial charge >= 0.3 is 0 Å². The second kappa shape index (κ2) is 9.71. The molecule has 0 saturated heterocycles. The fourth-order valence-electron chi connectivity index (χ4n) is 2.24. The summed E-state index contributed by atoms with van der Waals surface area (Å²) >= 11 is 0. The molecule has 25 heavy (non-hydrogen) atoms. The van der Waals surface area contributed by atoms with E-state index in [-0.39, 0.29) is 0 Å². The number of aromatic nitrogens is 1. The minimum Gasteiger partial charge on any atom is -0.494 e. The predicted molar refractivity (Wildman–Crippen MR) is 99.9 cm³/mol. The molecule has 0 aliphatic heterocycles. The van der Waals surface area contributed by atoms with Crippen molar-refractivity contribution in [2.75, 3.05) is 13.2 Å². The fourth-order valence-corrected chi connectivity index (χ4v) is 2.24. The Morgan fingerprint density at radius 2 is 2.08 bits per heavy atom. The molecule has 1 aromatic carbocycles. The van der Waals surface area contributed by atoms with Crippen molar-refractivity contribution >= 4 is 5.96 Å². The average molecular weight is 344 g/mol. The van der Waals surface area contributed by atoms with E-state index in [0.29, 0.717) is 19.0 Å². The molecule has 0 radical (unpaired) electrons. The van der Waals surface area contributed by atoms with Crippen LogP contribution in [0.15, 0.2) is 33.7 Å². The summed E-state index contributed by atoms with van der Waals surface area (Å²) in [7, 11) is 0. The molecule has 2 N–H and O–H groups in total. The summed E-state index contributed by atoms with van der Waals surface area (Å²) in [6, 6.07) is 8.05. The van der Waals surface area contributed by atoms with Crippen LogP contribution in [-0.2, 0) is 13.1 Å². The van der Waals surface area contributed by atoms with Crippen LogP contribution < -0.4 is 15.4 Å². The van der Waals surface area contributed by atoms with Gasteiger partial charge in [0.05, 0.1) is 25.4 Å². The van der Waals surface area contributed by atoms with Crippen LogP contribution in [0.5, 0.6) is 5.75 Å². The normalized spacial score (nSPS) is 11.4. The van der Waals surface area contributed by atoms with Gasteiger partial charge in [0.2, 0.25) is 5.89 Å². The summed E-state index contributed by atoms with van der Waals surface area (Å²) in [5.41, 5.74) is 2.02. The summed E-state index contributed by atoms with van der Waals surface area (Å²) in [5.74, 6) is 3.13. The van der Waals surface area contributed by atoms with E-state index in [9.17, 15) is 0 Å². The molecule has 2 aromatic rings. The maximum atomic E-state index is 5.67. The zero-order valence-electron chi connectivity index (χ0n) is 15.6. The number of aryl methyl sites for hydroxylation is 2. The van der Waals surface area contributed by atoms with Crippen molar-refractivity contribution in [3.63, 3.8) is 0 Å². The molecular formula is C19H28N4O2. The topological polar surface area (TPSA) is 71.7 Å². The van der Waals surface area contributed by atoms with Gasteiger partial charge in [0.1, 0.15) is 11.5 Å². The summed E-state index contributed by atoms with van der Waals surface area (Å²) in [4.78, 5) is 8.99. The highest BCUT2D eigenvalue weighted by molar-refractivity contribution is 5.79. The number of nitrogens with one attached hydrogen (secondary N) is 2. The average Bonchev–Trinajstić information content (AvgIpc) is 2.94. The minimum absolute atomic E-state index is 0.500. The molecule has 0 unspecified atom stereocenters. The highest BCUT2D eigenvalue weighted by Crippen LogP contribution is 2.14. The second-order valence-corrected chi connectivity index (χ2v) is 5.79. The molecule has 0 bridgehead atoms. The summed E-state index contributed by atoms with van der Waals surface area (Å²) < 4.78 is 11.3. The van der Waals surface area contributed by atoms with Gasteiger partial charge in [-0.3, -0.25) is 0 Å². The number of hydrogen-bond acceptors (Lipinski definition) is 4. The molecule has 6 nitrogen and oxygen atoms in total. The molecule has 0 amide bonds. The molecule has 1 heterocycles. The van der Waals surface area contributed by atoms with Crippen molar-refractivity contribution in [2.45, 2.75) is 47.2 Å². The van der Waals surface area contributed by atoms with Crippen LogP contribution in [0.25, 0.3) is 0 Å². The highest BCUT2D eigenvalue weighted by atomic mass is 16.5. The highest BCUT2D eigenvalue weighted by Gasteiger charge is 2.06. The van der Waals surface area contributed by atoms with E-state index in [1.165, 1.54) is 0 Å². The number of hydrogen-bond donors (Lipinski definition) is 2. The zero-order valence-corrected chi connectivity index (χ0v) is 15.6. The lowest BCUT2D eigenvalue weighted by Gasteiger charge is -2.10. The lowest BCUT2D eigenvalue weighted by Crippen LogP contribution is -2.36. The van der Waals surface area contributed by atoms with Gasteiger partial charge in [0.25, 0.3) is 0 Å². The second-order valence-electron chi connectivity index (χ2n) is 5.79. The molecule has 0 fully saturated rings. The molecule has 0 aliphatic carbocycles. The largest absolute Gasteiger partial charge is 0.494 e. The minimum atomic E-state index is 0.500. The molecule has 6 heteroatoms. The molecule has 2 rings (SSSR count). The van der Waals surface area contributed by atoms with Crippen molar-refractivity contribution in [3.05, 3.63) is 47.2 Å². The van der Waals surface area contributed by atoms with E-state index in [0.717, 1.165) is 48.3 Å². The molecule has 0 atom stereocenters. The molecule has 0 saturated carbocycles. The van der Waals surface area contributed by atoms with Crippen LogP contribution in [-0.4, -0.2) is 24.1 Å². The Morgan fingerprint density at radius 1 is 1.24 bits per heavy atom. The lowest BCUT2D eigenvalue weighted by atomic mass is 10.2. The van der Waals surface area contributed by atoms with Gasteiger partial charge in [-0.05, 0) is 44.9 Å². The Morgan fingerprint density at radius 3 is 2.76 bits per heavy atom. The van der Waals surface area contributed by atoms with Crippen LogP contribution in [0.3, 0.4) is 0 Å². The van der Waals surface area contributed by atoms with Gasteiger partial charge in [-0.1, -0.05) is 19.1 Å². The van der Waals surface area contributed by atoms with Gasteiger partial charge in [0.15, 0.2) is 5.96 Å². The van der Waals surface area contributed by atoms with Crippen molar-refractivity contribution in [3.8, 4) is 5.75 Å². The smallest absolute Gasteiger partial charge is 0.214 e. The monoisotopic (exact) mass is 344 g/mol. The first-order valence-corrected chi connectivity index (χ1v) is 8.79. The number of ether oxygens (including phenoxy) is 1. The standard InChI is InChI=1S/C19H28N4O2/c1-5-10-24-17-9-7-8-16(11-17)12-21-19(20-6-2)22-13-18-23-14(3)15(4)25-18/h7-9,11H,5-6,10,12-13H2,1-4H3,(H2,20,21,22). The number of aliphatic imine (C=N–C) groups is 1. The number of rotatable bonds is 8. The number of benzene rings is 1. The van der Waals surface area contributed by atoms with E-state index in [2.05, 4.69) is 27.5 Å². The molecule has 136 valence electrons. The maximum Gasteiger partial charge on any atom is 0.214 e. The first-order chi connectivity index (χ1) is 12.1. The van der Waals surface area contributed by atoms with Crippen LogP contribution in [0.4, 0.5) is 0 Å². The van der Waals surface area contributed by atoms with Crippen LogP contribution in [0.2, 0.25) is 0 Å². The summed E-state index contributed by atoms with van der Waals surface area (Å²) in [6.45, 7) is 10.6. The van der Waals surface area contributed by atoms with Gasteiger partial charge in [-0.25, -0.2) is 9.98 Å². The molecule has 0 spiro atoms. The third-order valence-electron chi connectivity index (χ3n) is 3.62. The van der Waals surface area contributed by atoms with Crippen molar-refractivity contribution < 1.29 is 9.15 Å². The fraction of sp³-hybridized carbons (Fsp3) is 0.474. The maximum absolute atomic E-state index is 5.67. The number of nitrogens with zero attached hydrogens (tertiary/aromatic N) is 2. The van der Waals surface area contributed by atoms with Crippen LogP contribution in [0.1, 0.15) is 43.2 Å². The first kappa shape index (κ1) is 18.8. The SMILES string of the molecule is CCCOc1cccc(CN=C(NCC)NCc2nc(C)c(C)o2)c1. The number of oxazole rings is 1. The summed E-state index contributed by atoms with van der Waals surface area (Å²) in [6.07, 6.45) is 0.997. The van der Waals surface area contributed by atoms with E-state index < -0.39 is 0 Å². The van der Waals surface area contributed by atoms with Gasteiger partial charge in [-0.15, -0.1) is 0 Å². The lowest BCUT2D eigenvalue weighted by molar-refractivity contribution is 0.317. The first-order valence-electron chi connectivity index (χ1n) is 8.79. The number of guanidine groups is 1. The van der Waals surface area contributed by atoms with Gasteiger partial charge in [-0.2, -0.15) is 0 Å². The Hall–Kier alpha value is -2.50. The third kappa shape index (κ3) is 6.14. The van der Waals surface area contributed by atoms with Crippen molar-refractivity contribution in [1.29, 1.82) is 0 Å². The van der Waals surface area contributed by atoms with Crippen LogP contribution in [0, 0.1) is 13.8 Å².